The smallest absolute Gasteiger partial charge is 0.412 e. The van der Waals surface area contributed by atoms with E-state index >= 15 is 0 Å². The number of nitrogens with one attached hydrogen (secondary N) is 1. The summed E-state index contributed by atoms with van der Waals surface area (Å²) in [5, 5.41) is 12.9. The number of rotatable bonds is 12. The number of esters is 1. The molecule has 0 aromatic heterocycles. The fourth-order valence-corrected chi connectivity index (χ4v) is 3.26. The van der Waals surface area contributed by atoms with E-state index in [4.69, 9.17) is 18.9 Å². The van der Waals surface area contributed by atoms with Crippen LogP contribution in [-0.2, 0) is 19.0 Å². The van der Waals surface area contributed by atoms with Gasteiger partial charge in [-0.2, -0.15) is 12.6 Å². The highest BCUT2D eigenvalue weighted by atomic mass is 32.1. The number of amides is 1. The molecule has 2 rings (SSSR count). The van der Waals surface area contributed by atoms with Gasteiger partial charge in [-0.3, -0.25) is 14.9 Å². The summed E-state index contributed by atoms with van der Waals surface area (Å²) in [6.07, 6.45) is -2.17. The molecular formula is C24H29NO8S. The minimum Gasteiger partial charge on any atom is -0.504 e. The first-order valence-corrected chi connectivity index (χ1v) is 11.3. The zero-order valence-corrected chi connectivity index (χ0v) is 20.2. The lowest BCUT2D eigenvalue weighted by molar-refractivity contribution is -0.142. The molecule has 2 aromatic carbocycles. The summed E-state index contributed by atoms with van der Waals surface area (Å²) in [6, 6.07) is 11.0. The lowest BCUT2D eigenvalue weighted by Gasteiger charge is -2.27. The maximum atomic E-state index is 12.7. The predicted molar refractivity (Wildman–Crippen MR) is 129 cm³/mol. The maximum Gasteiger partial charge on any atom is 0.412 e. The van der Waals surface area contributed by atoms with Crippen LogP contribution in [0.1, 0.15) is 42.3 Å². The van der Waals surface area contributed by atoms with Crippen LogP contribution in [0.15, 0.2) is 42.5 Å². The third-order valence-electron chi connectivity index (χ3n) is 4.82. The number of Topliss-reactive ketones (excluding diaryl/α,β-unsaturated/α-hetero) is 1. The quantitative estimate of drug-likeness (QED) is 0.230. The summed E-state index contributed by atoms with van der Waals surface area (Å²) < 4.78 is 21.7. The zero-order chi connectivity index (χ0) is 25.1. The molecule has 2 atom stereocenters. The van der Waals surface area contributed by atoms with Crippen LogP contribution in [0.5, 0.6) is 11.5 Å². The first-order chi connectivity index (χ1) is 16.3. The Labute approximate surface area is 203 Å². The standard InChI is InChI=1S/C24H29NO8S/c1-4-31-21(11-12-32-22(28)14-34)23(17-7-10-20(30-3)19(27)13-17)33-24(29)25-18-8-5-16(6-9-18)15(2)26/h5-10,13,21,23,27,34H,4,11-12,14H2,1-3H3,(H,25,29)/t21-,23-/m0/s1. The van der Waals surface area contributed by atoms with Crippen LogP contribution in [0.2, 0.25) is 0 Å². The van der Waals surface area contributed by atoms with E-state index in [1.807, 2.05) is 0 Å². The molecule has 2 aromatic rings. The lowest BCUT2D eigenvalue weighted by Crippen LogP contribution is -2.30. The molecule has 0 bridgehead atoms. The Morgan fingerprint density at radius 1 is 1.12 bits per heavy atom. The van der Waals surface area contributed by atoms with Gasteiger partial charge >= 0.3 is 12.1 Å². The van der Waals surface area contributed by atoms with E-state index in [9.17, 15) is 19.5 Å². The van der Waals surface area contributed by atoms with Gasteiger partial charge in [0.25, 0.3) is 0 Å². The summed E-state index contributed by atoms with van der Waals surface area (Å²) in [4.78, 5) is 35.6. The third kappa shape index (κ3) is 7.96. The normalized spacial score (nSPS) is 12.4. The number of ether oxygens (including phenoxy) is 4. The molecule has 9 nitrogen and oxygen atoms in total. The third-order valence-corrected chi connectivity index (χ3v) is 5.07. The van der Waals surface area contributed by atoms with Gasteiger partial charge in [0.1, 0.15) is 6.10 Å². The average Bonchev–Trinajstić information content (AvgIpc) is 2.82. The molecule has 0 saturated carbocycles. The van der Waals surface area contributed by atoms with Gasteiger partial charge in [0.05, 0.1) is 19.5 Å². The Morgan fingerprint density at radius 3 is 2.38 bits per heavy atom. The number of anilines is 1. The first kappa shape index (κ1) is 27.0. The van der Waals surface area contributed by atoms with E-state index < -0.39 is 24.3 Å². The van der Waals surface area contributed by atoms with Crippen molar-refractivity contribution < 1.29 is 38.4 Å². The van der Waals surface area contributed by atoms with Crippen molar-refractivity contribution in [3.05, 3.63) is 53.6 Å². The van der Waals surface area contributed by atoms with Crippen LogP contribution in [-0.4, -0.2) is 55.1 Å². The topological polar surface area (TPSA) is 120 Å². The fourth-order valence-electron chi connectivity index (χ4n) is 3.16. The predicted octanol–water partition coefficient (Wildman–Crippen LogP) is 4.16. The molecule has 0 radical (unpaired) electrons. The van der Waals surface area contributed by atoms with Crippen LogP contribution in [0.25, 0.3) is 0 Å². The number of phenolic OH excluding ortho intramolecular Hbond substituents is 1. The molecule has 1 amide bonds. The number of carbonyl (C=O) groups excluding carboxylic acids is 3. The molecular weight excluding hydrogens is 462 g/mol. The van der Waals surface area contributed by atoms with Crippen LogP contribution >= 0.6 is 12.6 Å². The summed E-state index contributed by atoms with van der Waals surface area (Å²) in [5.74, 6) is -0.508. The Bertz CT molecular complexity index is 979. The van der Waals surface area contributed by atoms with Gasteiger partial charge < -0.3 is 24.1 Å². The van der Waals surface area contributed by atoms with E-state index in [-0.39, 0.29) is 36.1 Å². The average molecular weight is 492 g/mol. The number of hydrogen-bond acceptors (Lipinski definition) is 9. The Morgan fingerprint density at radius 2 is 1.82 bits per heavy atom. The van der Waals surface area contributed by atoms with Gasteiger partial charge in [-0.15, -0.1) is 0 Å². The van der Waals surface area contributed by atoms with E-state index in [1.165, 1.54) is 20.1 Å². The second-order valence-corrected chi connectivity index (χ2v) is 7.49. The number of thiol groups is 1. The number of hydrogen-bond donors (Lipinski definition) is 3. The summed E-state index contributed by atoms with van der Waals surface area (Å²) >= 11 is 3.88. The minimum absolute atomic E-state index is 0.0280. The van der Waals surface area contributed by atoms with Gasteiger partial charge in [0, 0.05) is 24.3 Å². The highest BCUT2D eigenvalue weighted by Crippen LogP contribution is 2.33. The molecule has 0 aliphatic rings. The highest BCUT2D eigenvalue weighted by molar-refractivity contribution is 7.81. The molecule has 10 heteroatoms. The first-order valence-electron chi connectivity index (χ1n) is 10.6. The van der Waals surface area contributed by atoms with E-state index in [2.05, 4.69) is 17.9 Å². The van der Waals surface area contributed by atoms with Crippen molar-refractivity contribution in [3.63, 3.8) is 0 Å². The molecule has 34 heavy (non-hydrogen) atoms. The summed E-state index contributed by atoms with van der Waals surface area (Å²) in [6.45, 7) is 3.57. The van der Waals surface area contributed by atoms with Crippen LogP contribution in [0, 0.1) is 0 Å². The number of aromatic hydroxyl groups is 1. The molecule has 184 valence electrons. The van der Waals surface area contributed by atoms with Crippen molar-refractivity contribution in [2.75, 3.05) is 31.4 Å². The van der Waals surface area contributed by atoms with Crippen molar-refractivity contribution >= 4 is 36.2 Å². The molecule has 0 spiro atoms. The second kappa shape index (κ2) is 13.5. The molecule has 0 saturated heterocycles. The van der Waals surface area contributed by atoms with Crippen LogP contribution < -0.4 is 10.1 Å². The highest BCUT2D eigenvalue weighted by Gasteiger charge is 2.29. The largest absolute Gasteiger partial charge is 0.504 e. The minimum atomic E-state index is -0.942. The number of ketones is 1. The number of methoxy groups -OCH3 is 1. The van der Waals surface area contributed by atoms with E-state index in [1.54, 1.807) is 43.3 Å². The Hall–Kier alpha value is -3.24. The molecule has 0 fully saturated rings. The molecule has 0 heterocycles. The van der Waals surface area contributed by atoms with E-state index in [0.29, 0.717) is 23.4 Å². The van der Waals surface area contributed by atoms with Crippen molar-refractivity contribution in [3.8, 4) is 11.5 Å². The van der Waals surface area contributed by atoms with Crippen molar-refractivity contribution in [1.82, 2.24) is 0 Å². The molecule has 0 unspecified atom stereocenters. The Kier molecular flexibility index (Phi) is 10.7. The number of benzene rings is 2. The maximum absolute atomic E-state index is 12.7. The van der Waals surface area contributed by atoms with Crippen molar-refractivity contribution in [1.29, 1.82) is 0 Å². The fraction of sp³-hybridized carbons (Fsp3) is 0.375. The van der Waals surface area contributed by atoms with Gasteiger partial charge in [0.15, 0.2) is 23.4 Å². The van der Waals surface area contributed by atoms with Gasteiger partial charge in [0.2, 0.25) is 0 Å². The van der Waals surface area contributed by atoms with Crippen molar-refractivity contribution in [2.45, 2.75) is 32.5 Å². The SMILES string of the molecule is CCO[C@@H](CCOC(=O)CS)[C@@H](OC(=O)Nc1ccc(C(C)=O)cc1)c1ccc(OC)c(O)c1. The number of carbonyl (C=O) groups is 3. The summed E-state index contributed by atoms with van der Waals surface area (Å²) in [7, 11) is 1.42. The lowest BCUT2D eigenvalue weighted by atomic mass is 10.0. The molecule has 0 aliphatic heterocycles. The van der Waals surface area contributed by atoms with Crippen LogP contribution in [0.4, 0.5) is 10.5 Å². The van der Waals surface area contributed by atoms with Crippen LogP contribution in [0.3, 0.4) is 0 Å². The monoisotopic (exact) mass is 491 g/mol. The Balaban J connectivity index is 2.25. The molecule has 2 N–H and O–H groups in total. The number of phenols is 1. The summed E-state index contributed by atoms with van der Waals surface area (Å²) in [5.41, 5.74) is 1.40. The van der Waals surface area contributed by atoms with Gasteiger partial charge in [-0.25, -0.2) is 4.79 Å². The van der Waals surface area contributed by atoms with Gasteiger partial charge in [-0.1, -0.05) is 6.07 Å². The van der Waals surface area contributed by atoms with Crippen molar-refractivity contribution in [2.24, 2.45) is 0 Å². The van der Waals surface area contributed by atoms with E-state index in [0.717, 1.165) is 0 Å². The van der Waals surface area contributed by atoms with Gasteiger partial charge in [-0.05, 0) is 55.8 Å². The zero-order valence-electron chi connectivity index (χ0n) is 19.3. The molecule has 0 aliphatic carbocycles. The second-order valence-electron chi connectivity index (χ2n) is 7.18.